The number of hydrogen-bond donors (Lipinski definition) is 1. The number of carbonyl (C=O) groups is 3. The summed E-state index contributed by atoms with van der Waals surface area (Å²) in [4.78, 5) is 39.4. The lowest BCUT2D eigenvalue weighted by atomic mass is 9.96. The highest BCUT2D eigenvalue weighted by Crippen LogP contribution is 2.38. The Morgan fingerprint density at radius 2 is 2.04 bits per heavy atom. The van der Waals surface area contributed by atoms with Crippen LogP contribution in [0.1, 0.15) is 18.4 Å². The van der Waals surface area contributed by atoms with Crippen molar-refractivity contribution in [3.05, 3.63) is 29.8 Å². The molecule has 3 atom stereocenters. The van der Waals surface area contributed by atoms with Crippen molar-refractivity contribution >= 4 is 17.8 Å². The zero-order chi connectivity index (χ0) is 16.1. The highest BCUT2D eigenvalue weighted by atomic mass is 16.5. The van der Waals surface area contributed by atoms with Crippen LogP contribution in [0.15, 0.2) is 24.3 Å². The minimum absolute atomic E-state index is 0.0317. The minimum Gasteiger partial charge on any atom is -0.480 e. The first-order chi connectivity index (χ1) is 11.1. The van der Waals surface area contributed by atoms with Crippen molar-refractivity contribution in [3.8, 4) is 5.75 Å². The van der Waals surface area contributed by atoms with E-state index in [0.717, 1.165) is 11.3 Å². The van der Waals surface area contributed by atoms with Gasteiger partial charge in [0.25, 0.3) is 11.8 Å². The summed E-state index contributed by atoms with van der Waals surface area (Å²) in [6.45, 7) is 2.97. The average molecular weight is 315 g/mol. The van der Waals surface area contributed by atoms with Crippen molar-refractivity contribution in [3.63, 3.8) is 0 Å². The fourth-order valence-corrected chi connectivity index (χ4v) is 3.52. The van der Waals surface area contributed by atoms with E-state index in [1.165, 1.54) is 4.90 Å². The highest BCUT2D eigenvalue weighted by Gasteiger charge is 2.46. The number of hydrogen-bond acceptors (Lipinski definition) is 4. The Labute approximate surface area is 133 Å². The molecule has 1 aromatic rings. The van der Waals surface area contributed by atoms with Gasteiger partial charge in [-0.1, -0.05) is 25.1 Å². The van der Waals surface area contributed by atoms with Gasteiger partial charge in [-0.2, -0.15) is 0 Å². The van der Waals surface area contributed by atoms with Crippen LogP contribution in [0.4, 0.5) is 4.79 Å². The molecule has 4 rings (SSSR count). The number of nitrogens with zero attached hydrogens (tertiary/aromatic N) is 2. The standard InChI is InChI=1S/C16H17N3O4/c1-9-10-4-2-3-5-12(10)23-13(9)15(21)18-6-7-19-11(8-18)14(20)17-16(19)22/h2-5,9,11,13H,6-8H2,1H3,(H,17,20,22). The third kappa shape index (κ3) is 2.07. The molecule has 0 saturated carbocycles. The molecule has 0 bridgehead atoms. The molecule has 3 aliphatic heterocycles. The molecule has 7 nitrogen and oxygen atoms in total. The lowest BCUT2D eigenvalue weighted by molar-refractivity contribution is -0.141. The summed E-state index contributed by atoms with van der Waals surface area (Å²) in [5.74, 6) is 0.248. The first kappa shape index (κ1) is 14.0. The summed E-state index contributed by atoms with van der Waals surface area (Å²) in [5, 5.41) is 2.29. The van der Waals surface area contributed by atoms with Crippen LogP contribution in [-0.2, 0) is 9.59 Å². The van der Waals surface area contributed by atoms with Crippen LogP contribution in [0.25, 0.3) is 0 Å². The van der Waals surface area contributed by atoms with Crippen molar-refractivity contribution < 1.29 is 19.1 Å². The first-order valence-electron chi connectivity index (χ1n) is 7.72. The van der Waals surface area contributed by atoms with Crippen molar-refractivity contribution in [1.29, 1.82) is 0 Å². The van der Waals surface area contributed by atoms with Crippen LogP contribution in [0, 0.1) is 0 Å². The molecular formula is C16H17N3O4. The first-order valence-corrected chi connectivity index (χ1v) is 7.72. The Hall–Kier alpha value is -2.57. The van der Waals surface area contributed by atoms with Crippen molar-refractivity contribution in [2.45, 2.75) is 25.0 Å². The SMILES string of the molecule is CC1c2ccccc2OC1C(=O)N1CCN2C(=O)NC(=O)C2C1. The molecule has 0 spiro atoms. The Kier molecular flexibility index (Phi) is 3.04. The molecule has 2 fully saturated rings. The summed E-state index contributed by atoms with van der Waals surface area (Å²) in [5.41, 5.74) is 1.03. The second kappa shape index (κ2) is 4.97. The molecule has 2 saturated heterocycles. The van der Waals surface area contributed by atoms with Gasteiger partial charge < -0.3 is 14.5 Å². The molecule has 120 valence electrons. The number of ether oxygens (including phenoxy) is 1. The van der Waals surface area contributed by atoms with Gasteiger partial charge in [-0.15, -0.1) is 0 Å². The van der Waals surface area contributed by atoms with E-state index in [-0.39, 0.29) is 30.3 Å². The molecule has 0 aromatic heterocycles. The molecule has 3 unspecified atom stereocenters. The fraction of sp³-hybridized carbons (Fsp3) is 0.438. The number of carbonyl (C=O) groups excluding carboxylic acids is 3. The van der Waals surface area contributed by atoms with Gasteiger partial charge in [0.2, 0.25) is 0 Å². The van der Waals surface area contributed by atoms with Crippen LogP contribution in [-0.4, -0.2) is 59.4 Å². The van der Waals surface area contributed by atoms with Crippen LogP contribution in [0.3, 0.4) is 0 Å². The molecule has 0 radical (unpaired) electrons. The van der Waals surface area contributed by atoms with Gasteiger partial charge in [-0.3, -0.25) is 14.9 Å². The number of fused-ring (bicyclic) bond motifs is 2. The summed E-state index contributed by atoms with van der Waals surface area (Å²) >= 11 is 0. The maximum atomic E-state index is 12.8. The molecule has 1 N–H and O–H groups in total. The van der Waals surface area contributed by atoms with E-state index in [1.54, 1.807) is 4.90 Å². The zero-order valence-corrected chi connectivity index (χ0v) is 12.7. The zero-order valence-electron chi connectivity index (χ0n) is 12.7. The van der Waals surface area contributed by atoms with Gasteiger partial charge in [0.1, 0.15) is 11.8 Å². The van der Waals surface area contributed by atoms with Crippen molar-refractivity contribution in [2.24, 2.45) is 0 Å². The number of urea groups is 1. The van der Waals surface area contributed by atoms with Crippen molar-refractivity contribution in [1.82, 2.24) is 15.1 Å². The largest absolute Gasteiger partial charge is 0.480 e. The number of imide groups is 1. The lowest BCUT2D eigenvalue weighted by Crippen LogP contribution is -2.57. The summed E-state index contributed by atoms with van der Waals surface area (Å²) in [6.07, 6.45) is -0.570. The Morgan fingerprint density at radius 1 is 1.26 bits per heavy atom. The van der Waals surface area contributed by atoms with E-state index >= 15 is 0 Å². The summed E-state index contributed by atoms with van der Waals surface area (Å²) in [6, 6.07) is 6.68. The molecular weight excluding hydrogens is 298 g/mol. The maximum absolute atomic E-state index is 12.8. The van der Waals surface area contributed by atoms with E-state index in [4.69, 9.17) is 4.74 Å². The smallest absolute Gasteiger partial charge is 0.324 e. The van der Waals surface area contributed by atoms with Gasteiger partial charge in [-0.05, 0) is 6.07 Å². The second-order valence-electron chi connectivity index (χ2n) is 6.15. The average Bonchev–Trinajstić information content (AvgIpc) is 3.04. The topological polar surface area (TPSA) is 79.0 Å². The minimum atomic E-state index is -0.584. The molecule has 0 aliphatic carbocycles. The fourth-order valence-electron chi connectivity index (χ4n) is 3.52. The summed E-state index contributed by atoms with van der Waals surface area (Å²) < 4.78 is 5.82. The number of para-hydroxylation sites is 1. The van der Waals surface area contributed by atoms with E-state index in [9.17, 15) is 14.4 Å². The van der Waals surface area contributed by atoms with E-state index in [2.05, 4.69) is 5.32 Å². The highest BCUT2D eigenvalue weighted by molar-refractivity contribution is 6.04. The third-order valence-electron chi connectivity index (χ3n) is 4.85. The molecule has 3 aliphatic rings. The Bertz CT molecular complexity index is 704. The quantitative estimate of drug-likeness (QED) is 0.757. The number of rotatable bonds is 1. The monoisotopic (exact) mass is 315 g/mol. The third-order valence-corrected chi connectivity index (χ3v) is 4.85. The number of piperazine rings is 1. The molecule has 23 heavy (non-hydrogen) atoms. The van der Waals surface area contributed by atoms with Crippen LogP contribution >= 0.6 is 0 Å². The van der Waals surface area contributed by atoms with Crippen molar-refractivity contribution in [2.75, 3.05) is 19.6 Å². The number of benzene rings is 1. The Morgan fingerprint density at radius 3 is 2.83 bits per heavy atom. The van der Waals surface area contributed by atoms with E-state index in [1.807, 2.05) is 31.2 Å². The number of nitrogens with one attached hydrogen (secondary N) is 1. The summed E-state index contributed by atoms with van der Waals surface area (Å²) in [7, 11) is 0. The molecule has 4 amide bonds. The lowest BCUT2D eigenvalue weighted by Gasteiger charge is -2.36. The van der Waals surface area contributed by atoms with Gasteiger partial charge in [-0.25, -0.2) is 4.79 Å². The van der Waals surface area contributed by atoms with Crippen LogP contribution in [0.2, 0.25) is 0 Å². The van der Waals surface area contributed by atoms with Gasteiger partial charge >= 0.3 is 6.03 Å². The Balaban J connectivity index is 1.51. The van der Waals surface area contributed by atoms with E-state index in [0.29, 0.717) is 13.1 Å². The van der Waals surface area contributed by atoms with Gasteiger partial charge in [0.05, 0.1) is 6.54 Å². The normalized spacial score (nSPS) is 29.0. The predicted molar refractivity (Wildman–Crippen MR) is 79.9 cm³/mol. The molecule has 1 aromatic carbocycles. The van der Waals surface area contributed by atoms with Crippen LogP contribution in [0.5, 0.6) is 5.75 Å². The van der Waals surface area contributed by atoms with E-state index < -0.39 is 12.1 Å². The van der Waals surface area contributed by atoms with Gasteiger partial charge in [0, 0.05) is 24.6 Å². The molecule has 3 heterocycles. The molecule has 7 heteroatoms. The second-order valence-corrected chi connectivity index (χ2v) is 6.15. The van der Waals surface area contributed by atoms with Gasteiger partial charge in [0.15, 0.2) is 6.10 Å². The maximum Gasteiger partial charge on any atom is 0.324 e. The van der Waals surface area contributed by atoms with Crippen LogP contribution < -0.4 is 10.1 Å². The predicted octanol–water partition coefficient (Wildman–Crippen LogP) is 0.314. The number of amides is 4.